The molecule has 1 aromatic heterocycles. The number of anilines is 2. The molecule has 7 nitrogen and oxygen atoms in total. The van der Waals surface area contributed by atoms with E-state index in [1.807, 2.05) is 91.7 Å². The van der Waals surface area contributed by atoms with E-state index in [0.29, 0.717) is 17.1 Å². The predicted octanol–water partition coefficient (Wildman–Crippen LogP) is 3.84. The SMILES string of the molecule is COc1ccc(N(C)c2nc(C)nc3ccccc23)cc1C(C(=O)NN)c1ccccc1. The van der Waals surface area contributed by atoms with Gasteiger partial charge in [-0.1, -0.05) is 42.5 Å². The Balaban J connectivity index is 1.86. The monoisotopic (exact) mass is 427 g/mol. The summed E-state index contributed by atoms with van der Waals surface area (Å²) < 4.78 is 5.61. The molecule has 7 heteroatoms. The van der Waals surface area contributed by atoms with Gasteiger partial charge in [0.25, 0.3) is 0 Å². The van der Waals surface area contributed by atoms with E-state index in [1.165, 1.54) is 0 Å². The topological polar surface area (TPSA) is 93.4 Å². The largest absolute Gasteiger partial charge is 0.496 e. The van der Waals surface area contributed by atoms with Crippen LogP contribution in [0.4, 0.5) is 11.5 Å². The van der Waals surface area contributed by atoms with Gasteiger partial charge in [0.2, 0.25) is 5.91 Å². The van der Waals surface area contributed by atoms with E-state index in [2.05, 4.69) is 15.4 Å². The molecule has 4 rings (SSSR count). The average Bonchev–Trinajstić information content (AvgIpc) is 2.83. The highest BCUT2D eigenvalue weighted by atomic mass is 16.5. The highest BCUT2D eigenvalue weighted by molar-refractivity contribution is 5.92. The molecule has 1 heterocycles. The fourth-order valence-corrected chi connectivity index (χ4v) is 3.91. The van der Waals surface area contributed by atoms with Crippen LogP contribution in [-0.4, -0.2) is 30.0 Å². The van der Waals surface area contributed by atoms with Crippen LogP contribution in [0, 0.1) is 6.92 Å². The minimum atomic E-state index is -0.631. The first-order valence-corrected chi connectivity index (χ1v) is 10.2. The van der Waals surface area contributed by atoms with Gasteiger partial charge in [-0.05, 0) is 42.8 Å². The summed E-state index contributed by atoms with van der Waals surface area (Å²) in [6.45, 7) is 1.88. The van der Waals surface area contributed by atoms with Gasteiger partial charge in [0.1, 0.15) is 17.4 Å². The van der Waals surface area contributed by atoms with Crippen molar-refractivity contribution >= 4 is 28.3 Å². The number of carbonyl (C=O) groups is 1. The average molecular weight is 428 g/mol. The summed E-state index contributed by atoms with van der Waals surface area (Å²) in [5.74, 6) is 6.65. The normalized spacial score (nSPS) is 11.8. The van der Waals surface area contributed by atoms with Crippen LogP contribution in [-0.2, 0) is 4.79 Å². The Morgan fingerprint density at radius 1 is 1.03 bits per heavy atom. The first-order valence-electron chi connectivity index (χ1n) is 10.2. The van der Waals surface area contributed by atoms with Crippen LogP contribution < -0.4 is 20.9 Å². The highest BCUT2D eigenvalue weighted by Gasteiger charge is 2.26. The number of hydrazine groups is 1. The Labute approximate surface area is 186 Å². The fourth-order valence-electron chi connectivity index (χ4n) is 3.91. The Kier molecular flexibility index (Phi) is 6.00. The van der Waals surface area contributed by atoms with Crippen molar-refractivity contribution in [3.05, 3.63) is 89.7 Å². The molecule has 162 valence electrons. The number of carbonyl (C=O) groups excluding carboxylic acids is 1. The minimum absolute atomic E-state index is 0.322. The molecule has 4 aromatic rings. The summed E-state index contributed by atoms with van der Waals surface area (Å²) in [5, 5.41) is 0.942. The number of hydrogen-bond acceptors (Lipinski definition) is 6. The van der Waals surface area contributed by atoms with E-state index < -0.39 is 5.92 Å². The number of para-hydroxylation sites is 1. The van der Waals surface area contributed by atoms with Gasteiger partial charge in [-0.3, -0.25) is 10.2 Å². The second-order valence-corrected chi connectivity index (χ2v) is 7.45. The molecule has 3 N–H and O–H groups in total. The first-order chi connectivity index (χ1) is 15.5. The molecule has 0 aliphatic rings. The van der Waals surface area contributed by atoms with Crippen LogP contribution >= 0.6 is 0 Å². The van der Waals surface area contributed by atoms with Crippen molar-refractivity contribution in [1.29, 1.82) is 0 Å². The summed E-state index contributed by atoms with van der Waals surface area (Å²) >= 11 is 0. The van der Waals surface area contributed by atoms with E-state index in [-0.39, 0.29) is 5.91 Å². The summed E-state index contributed by atoms with van der Waals surface area (Å²) in [5.41, 5.74) is 5.55. The molecule has 0 fully saturated rings. The molecule has 0 saturated carbocycles. The maximum Gasteiger partial charge on any atom is 0.246 e. The molecule has 0 bridgehead atoms. The van der Waals surface area contributed by atoms with Crippen LogP contribution in [0.3, 0.4) is 0 Å². The molecule has 0 saturated heterocycles. The summed E-state index contributed by atoms with van der Waals surface area (Å²) in [7, 11) is 3.53. The van der Waals surface area contributed by atoms with Gasteiger partial charge < -0.3 is 9.64 Å². The molecule has 0 spiro atoms. The number of rotatable bonds is 6. The number of methoxy groups -OCH3 is 1. The van der Waals surface area contributed by atoms with Gasteiger partial charge in [0.05, 0.1) is 18.5 Å². The van der Waals surface area contributed by atoms with Gasteiger partial charge in [-0.2, -0.15) is 0 Å². The highest BCUT2D eigenvalue weighted by Crippen LogP contribution is 2.37. The van der Waals surface area contributed by atoms with Crippen LogP contribution in [0.15, 0.2) is 72.8 Å². The van der Waals surface area contributed by atoms with Crippen molar-refractivity contribution in [3.8, 4) is 5.75 Å². The maximum absolute atomic E-state index is 12.8. The van der Waals surface area contributed by atoms with E-state index in [9.17, 15) is 4.79 Å². The Morgan fingerprint density at radius 3 is 2.47 bits per heavy atom. The minimum Gasteiger partial charge on any atom is -0.496 e. The standard InChI is InChI=1S/C25H25N5O2/c1-16-27-21-12-8-7-11-19(21)24(28-16)30(2)18-13-14-22(32-3)20(15-18)23(25(31)29-26)17-9-5-4-6-10-17/h4-15,23H,26H2,1-3H3,(H,29,31). The van der Waals surface area contributed by atoms with Gasteiger partial charge in [-0.15, -0.1) is 0 Å². The Bertz CT molecular complexity index is 1260. The fraction of sp³-hybridized carbons (Fsp3) is 0.160. The molecule has 3 aromatic carbocycles. The number of benzene rings is 3. The third-order valence-electron chi connectivity index (χ3n) is 5.46. The second kappa shape index (κ2) is 9.03. The number of nitrogens with one attached hydrogen (secondary N) is 1. The second-order valence-electron chi connectivity index (χ2n) is 7.45. The lowest BCUT2D eigenvalue weighted by Gasteiger charge is -2.24. The number of aromatic nitrogens is 2. The van der Waals surface area contributed by atoms with Crippen LogP contribution in [0.5, 0.6) is 5.75 Å². The number of nitrogens with zero attached hydrogens (tertiary/aromatic N) is 3. The summed E-state index contributed by atoms with van der Waals surface area (Å²) in [6, 6.07) is 23.1. The first kappa shape index (κ1) is 21.3. The van der Waals surface area contributed by atoms with Crippen LogP contribution in [0.25, 0.3) is 10.9 Å². The predicted molar refractivity (Wildman–Crippen MR) is 126 cm³/mol. The molecular weight excluding hydrogens is 402 g/mol. The van der Waals surface area contributed by atoms with Crippen molar-refractivity contribution in [2.75, 3.05) is 19.1 Å². The molecule has 0 radical (unpaired) electrons. The zero-order valence-electron chi connectivity index (χ0n) is 18.2. The number of aryl methyl sites for hydroxylation is 1. The van der Waals surface area contributed by atoms with E-state index in [4.69, 9.17) is 10.6 Å². The zero-order chi connectivity index (χ0) is 22.7. The molecule has 1 atom stereocenters. The van der Waals surface area contributed by atoms with Crippen molar-refractivity contribution in [1.82, 2.24) is 15.4 Å². The molecule has 1 amide bonds. The van der Waals surface area contributed by atoms with Crippen LogP contribution in [0.1, 0.15) is 22.9 Å². The van der Waals surface area contributed by atoms with Gasteiger partial charge in [0, 0.05) is 23.7 Å². The Hall–Kier alpha value is -3.97. The van der Waals surface area contributed by atoms with Crippen molar-refractivity contribution < 1.29 is 9.53 Å². The molecule has 32 heavy (non-hydrogen) atoms. The lowest BCUT2D eigenvalue weighted by molar-refractivity contribution is -0.121. The van der Waals surface area contributed by atoms with Crippen molar-refractivity contribution in [2.45, 2.75) is 12.8 Å². The maximum atomic E-state index is 12.8. The van der Waals surface area contributed by atoms with Crippen molar-refractivity contribution in [3.63, 3.8) is 0 Å². The van der Waals surface area contributed by atoms with Crippen molar-refractivity contribution in [2.24, 2.45) is 5.84 Å². The van der Waals surface area contributed by atoms with Gasteiger partial charge in [-0.25, -0.2) is 15.8 Å². The third-order valence-corrected chi connectivity index (χ3v) is 5.46. The quantitative estimate of drug-likeness (QED) is 0.276. The summed E-state index contributed by atoms with van der Waals surface area (Å²) in [4.78, 5) is 24.0. The van der Waals surface area contributed by atoms with Crippen LogP contribution in [0.2, 0.25) is 0 Å². The van der Waals surface area contributed by atoms with E-state index in [0.717, 1.165) is 28.0 Å². The smallest absolute Gasteiger partial charge is 0.246 e. The van der Waals surface area contributed by atoms with E-state index in [1.54, 1.807) is 7.11 Å². The molecular formula is C25H25N5O2. The zero-order valence-corrected chi connectivity index (χ0v) is 18.2. The number of nitrogens with two attached hydrogens (primary N) is 1. The number of amides is 1. The molecule has 1 unspecified atom stereocenters. The lowest BCUT2D eigenvalue weighted by Crippen LogP contribution is -2.35. The lowest BCUT2D eigenvalue weighted by atomic mass is 9.89. The number of hydrogen-bond donors (Lipinski definition) is 2. The van der Waals surface area contributed by atoms with E-state index >= 15 is 0 Å². The molecule has 0 aliphatic heterocycles. The van der Waals surface area contributed by atoms with Gasteiger partial charge >= 0.3 is 0 Å². The third kappa shape index (κ3) is 3.98. The number of ether oxygens (including phenoxy) is 1. The summed E-state index contributed by atoms with van der Waals surface area (Å²) in [6.07, 6.45) is 0. The number of fused-ring (bicyclic) bond motifs is 1. The Morgan fingerprint density at radius 2 is 1.75 bits per heavy atom. The molecule has 0 aliphatic carbocycles. The van der Waals surface area contributed by atoms with Gasteiger partial charge in [0.15, 0.2) is 0 Å².